The Balaban J connectivity index is 1.35. The topological polar surface area (TPSA) is 33.5 Å². The number of rotatable bonds is 5. The van der Waals surface area contributed by atoms with Crippen LogP contribution in [0.5, 0.6) is 11.5 Å². The molecule has 3 aromatic carbocycles. The third-order valence-electron chi connectivity index (χ3n) is 7.31. The van der Waals surface area contributed by atoms with E-state index in [1.165, 1.54) is 22.3 Å². The predicted octanol–water partition coefficient (Wildman–Crippen LogP) is 6.35. The van der Waals surface area contributed by atoms with Gasteiger partial charge in [-0.1, -0.05) is 66.7 Å². The molecule has 0 bridgehead atoms. The first kappa shape index (κ1) is 21.5. The normalized spacial score (nSPS) is 15.1. The van der Waals surface area contributed by atoms with Crippen LogP contribution in [0.25, 0.3) is 11.1 Å². The first-order chi connectivity index (χ1) is 18.2. The molecule has 180 valence electrons. The molecule has 0 N–H and O–H groups in total. The van der Waals surface area contributed by atoms with Crippen LogP contribution in [0.1, 0.15) is 22.4 Å². The lowest BCUT2D eigenvalue weighted by atomic mass is 9.70. The number of fused-ring (bicyclic) bond motifs is 3. The van der Waals surface area contributed by atoms with Crippen LogP contribution >= 0.6 is 0 Å². The average molecular weight is 483 g/mol. The van der Waals surface area contributed by atoms with Crippen molar-refractivity contribution in [2.45, 2.75) is 5.41 Å². The second kappa shape index (κ2) is 8.42. The summed E-state index contributed by atoms with van der Waals surface area (Å²) >= 11 is 0. The fourth-order valence-electron chi connectivity index (χ4n) is 5.73. The molecule has 5 nitrogen and oxygen atoms in total. The van der Waals surface area contributed by atoms with Crippen LogP contribution in [-0.4, -0.2) is 28.3 Å². The van der Waals surface area contributed by atoms with Crippen LogP contribution in [0.2, 0.25) is 0 Å². The van der Waals surface area contributed by atoms with Crippen molar-refractivity contribution in [1.29, 1.82) is 0 Å². The van der Waals surface area contributed by atoms with Gasteiger partial charge in [0.1, 0.15) is 18.2 Å². The molecule has 0 saturated heterocycles. The zero-order valence-corrected chi connectivity index (χ0v) is 20.5. The minimum absolute atomic E-state index is 0.537. The average Bonchev–Trinajstić information content (AvgIpc) is 3.66. The van der Waals surface area contributed by atoms with E-state index in [4.69, 9.17) is 9.72 Å². The van der Waals surface area contributed by atoms with E-state index in [1.54, 1.807) is 0 Å². The molecule has 1 aliphatic carbocycles. The Morgan fingerprint density at radius 2 is 1.51 bits per heavy atom. The van der Waals surface area contributed by atoms with E-state index in [1.807, 2.05) is 41.5 Å². The molecule has 3 heterocycles. The molecule has 5 aromatic rings. The second-order valence-corrected chi connectivity index (χ2v) is 9.55. The lowest BCUT2D eigenvalue weighted by molar-refractivity contribution is 0.454. The smallest absolute Gasteiger partial charge is 0.147 e. The van der Waals surface area contributed by atoms with Crippen LogP contribution in [0, 0.1) is 0 Å². The number of nitrogens with zero attached hydrogens (tertiary/aromatic N) is 4. The Labute approximate surface area is 216 Å². The highest BCUT2D eigenvalue weighted by molar-refractivity contribution is 5.85. The molecule has 37 heavy (non-hydrogen) atoms. The molecule has 0 fully saturated rings. The first-order valence-electron chi connectivity index (χ1n) is 12.5. The largest absolute Gasteiger partial charge is 0.456 e. The minimum atomic E-state index is -0.537. The van der Waals surface area contributed by atoms with E-state index in [0.717, 1.165) is 29.4 Å². The summed E-state index contributed by atoms with van der Waals surface area (Å²) in [6.45, 7) is 0.801. The summed E-state index contributed by atoms with van der Waals surface area (Å²) in [6.07, 6.45) is 10.0. The monoisotopic (exact) mass is 482 g/mol. The number of benzene rings is 3. The summed E-state index contributed by atoms with van der Waals surface area (Å²) < 4.78 is 8.44. The predicted molar refractivity (Wildman–Crippen MR) is 146 cm³/mol. The Bertz CT molecular complexity index is 1580. The number of aromatic nitrogens is 2. The van der Waals surface area contributed by atoms with Gasteiger partial charge in [-0.05, 0) is 52.1 Å². The summed E-state index contributed by atoms with van der Waals surface area (Å²) in [5.41, 5.74) is 6.56. The number of hydrogen-bond donors (Lipinski definition) is 0. The standard InChI is InChI=1S/C32H26N4O/c1-34-19-20-36(23-34)35-18-16-26(22-35)37-25-10-8-9-24(21-25)32(31-15-6-7-17-33-31)29-13-4-2-11-27(29)28-12-3-5-14-30(28)32/h2-22H,23H2,1H3. The van der Waals surface area contributed by atoms with Crippen molar-refractivity contribution in [3.8, 4) is 22.6 Å². The third kappa shape index (κ3) is 3.35. The lowest BCUT2D eigenvalue weighted by Crippen LogP contribution is -2.30. The highest BCUT2D eigenvalue weighted by Gasteiger charge is 2.47. The van der Waals surface area contributed by atoms with Gasteiger partial charge in [0, 0.05) is 37.9 Å². The zero-order chi connectivity index (χ0) is 24.8. The van der Waals surface area contributed by atoms with Gasteiger partial charge in [-0.15, -0.1) is 0 Å². The molecular formula is C32H26N4O. The highest BCUT2D eigenvalue weighted by atomic mass is 16.5. The summed E-state index contributed by atoms with van der Waals surface area (Å²) in [7, 11) is 2.06. The van der Waals surface area contributed by atoms with Crippen molar-refractivity contribution in [3.63, 3.8) is 0 Å². The Morgan fingerprint density at radius 1 is 0.757 bits per heavy atom. The summed E-state index contributed by atoms with van der Waals surface area (Å²) in [6, 6.07) is 34.0. The van der Waals surface area contributed by atoms with E-state index in [0.29, 0.717) is 0 Å². The van der Waals surface area contributed by atoms with Crippen LogP contribution in [0.15, 0.2) is 128 Å². The van der Waals surface area contributed by atoms with Crippen molar-refractivity contribution >= 4 is 0 Å². The Hall–Kier alpha value is -4.77. The third-order valence-corrected chi connectivity index (χ3v) is 7.31. The molecule has 0 unspecified atom stereocenters. The van der Waals surface area contributed by atoms with Crippen molar-refractivity contribution in [1.82, 2.24) is 14.6 Å². The number of ether oxygens (including phenoxy) is 1. The zero-order valence-electron chi connectivity index (χ0n) is 20.5. The van der Waals surface area contributed by atoms with Gasteiger partial charge in [-0.3, -0.25) is 14.7 Å². The van der Waals surface area contributed by atoms with Crippen molar-refractivity contribution in [3.05, 3.63) is 150 Å². The van der Waals surface area contributed by atoms with Crippen LogP contribution < -0.4 is 9.75 Å². The van der Waals surface area contributed by atoms with Gasteiger partial charge in [0.2, 0.25) is 0 Å². The molecule has 1 aliphatic heterocycles. The lowest BCUT2D eigenvalue weighted by Gasteiger charge is -2.32. The molecule has 7 rings (SSSR count). The maximum absolute atomic E-state index is 6.40. The van der Waals surface area contributed by atoms with Crippen molar-refractivity contribution in [2.24, 2.45) is 0 Å². The highest BCUT2D eigenvalue weighted by Crippen LogP contribution is 2.55. The fraction of sp³-hybridized carbons (Fsp3) is 0.0938. The molecule has 2 aromatic heterocycles. The van der Waals surface area contributed by atoms with E-state index >= 15 is 0 Å². The van der Waals surface area contributed by atoms with Crippen LogP contribution in [0.4, 0.5) is 0 Å². The summed E-state index contributed by atoms with van der Waals surface area (Å²) in [5.74, 6) is 1.58. The molecule has 2 aliphatic rings. The minimum Gasteiger partial charge on any atom is -0.456 e. The Morgan fingerprint density at radius 3 is 2.22 bits per heavy atom. The van der Waals surface area contributed by atoms with Gasteiger partial charge < -0.3 is 9.64 Å². The van der Waals surface area contributed by atoms with E-state index < -0.39 is 5.41 Å². The van der Waals surface area contributed by atoms with Gasteiger partial charge in [-0.25, -0.2) is 0 Å². The molecule has 0 saturated carbocycles. The van der Waals surface area contributed by atoms with E-state index in [-0.39, 0.29) is 0 Å². The van der Waals surface area contributed by atoms with Gasteiger partial charge >= 0.3 is 0 Å². The fourth-order valence-corrected chi connectivity index (χ4v) is 5.73. The van der Waals surface area contributed by atoms with Gasteiger partial charge in [0.15, 0.2) is 0 Å². The molecule has 0 radical (unpaired) electrons. The quantitative estimate of drug-likeness (QED) is 0.287. The van der Waals surface area contributed by atoms with Gasteiger partial charge in [0.25, 0.3) is 0 Å². The van der Waals surface area contributed by atoms with E-state index in [9.17, 15) is 0 Å². The maximum atomic E-state index is 6.40. The molecule has 0 amide bonds. The number of hydrogen-bond acceptors (Lipinski definition) is 4. The van der Waals surface area contributed by atoms with Crippen molar-refractivity contribution in [2.75, 3.05) is 18.7 Å². The van der Waals surface area contributed by atoms with Crippen LogP contribution in [0.3, 0.4) is 0 Å². The molecule has 0 spiro atoms. The SMILES string of the molecule is CN1C=CN(n2ccc(Oc3cccc(C4(c5ccccn5)c5ccccc5-c5ccccc54)c3)c2)C1. The van der Waals surface area contributed by atoms with Crippen LogP contribution in [-0.2, 0) is 5.41 Å². The summed E-state index contributed by atoms with van der Waals surface area (Å²) in [4.78, 5) is 7.04. The molecule has 0 atom stereocenters. The molecular weight excluding hydrogens is 456 g/mol. The molecule has 5 heteroatoms. The summed E-state index contributed by atoms with van der Waals surface area (Å²) in [5, 5.41) is 2.12. The van der Waals surface area contributed by atoms with Gasteiger partial charge in [-0.2, -0.15) is 0 Å². The second-order valence-electron chi connectivity index (χ2n) is 9.55. The maximum Gasteiger partial charge on any atom is 0.147 e. The first-order valence-corrected chi connectivity index (χ1v) is 12.5. The Kier molecular flexibility index (Phi) is 4.89. The van der Waals surface area contributed by atoms with E-state index in [2.05, 4.69) is 108 Å². The van der Waals surface area contributed by atoms with Gasteiger partial charge in [0.05, 0.1) is 17.3 Å². The number of pyridine rings is 1. The van der Waals surface area contributed by atoms with Crippen molar-refractivity contribution < 1.29 is 4.74 Å².